The maximum Gasteiger partial charge on any atom is 0.182 e. The Labute approximate surface area is 170 Å². The number of carbonyl (C=O) groups is 2. The summed E-state index contributed by atoms with van der Waals surface area (Å²) < 4.78 is 0. The van der Waals surface area contributed by atoms with Crippen LogP contribution in [0.5, 0.6) is 0 Å². The topological polar surface area (TPSA) is 94.8 Å². The number of aliphatic hydroxyl groups is 3. The molecule has 4 aliphatic carbocycles. The molecule has 0 aliphatic heterocycles. The maximum atomic E-state index is 12.6. The van der Waals surface area contributed by atoms with Gasteiger partial charge in [0.25, 0.3) is 0 Å². The fourth-order valence-electron chi connectivity index (χ4n) is 7.37. The molecule has 0 saturated heterocycles. The number of halogens is 1. The van der Waals surface area contributed by atoms with Crippen LogP contribution in [0.2, 0.25) is 0 Å². The highest BCUT2D eigenvalue weighted by atomic mass is 35.5. The van der Waals surface area contributed by atoms with E-state index in [-0.39, 0.29) is 41.8 Å². The molecule has 0 heterocycles. The first-order chi connectivity index (χ1) is 13.0. The van der Waals surface area contributed by atoms with Crippen LogP contribution in [0.1, 0.15) is 40.0 Å². The van der Waals surface area contributed by atoms with Gasteiger partial charge < -0.3 is 15.3 Å². The predicted molar refractivity (Wildman–Crippen MR) is 105 cm³/mol. The van der Waals surface area contributed by atoms with Crippen molar-refractivity contribution >= 4 is 23.2 Å². The first-order valence-corrected chi connectivity index (χ1v) is 10.7. The Balaban J connectivity index is 1.81. The SMILES string of the molecule is C[C@H]1C[C@@H]2[C@H]([C@@H](O)C[C@@]3(C)[C@H]2C[C@@H](O)[C@]3(O)C(=O)CCl)[C@@]2(C)C=CC(=O)C=C12. The van der Waals surface area contributed by atoms with Crippen LogP contribution in [0, 0.1) is 34.5 Å². The molecular weight excluding hydrogens is 380 g/mol. The van der Waals surface area contributed by atoms with Crippen molar-refractivity contribution in [1.82, 2.24) is 0 Å². The van der Waals surface area contributed by atoms with Crippen LogP contribution in [-0.4, -0.2) is 50.6 Å². The average molecular weight is 409 g/mol. The Bertz CT molecular complexity index is 790. The van der Waals surface area contributed by atoms with Gasteiger partial charge in [0.15, 0.2) is 17.2 Å². The Kier molecular flexibility index (Phi) is 4.52. The van der Waals surface area contributed by atoms with Gasteiger partial charge in [0.05, 0.1) is 18.1 Å². The standard InChI is InChI=1S/C22H29ClO5/c1-11-6-13-15-8-17(26)22(28,18(27)10-23)21(15,3)9-16(25)19(13)20(2)5-4-12(24)7-14(11)20/h4-5,7,11,13,15-17,19,25-26,28H,6,8-10H2,1-3H3/t11-,13-,15-,16-,17+,19+,20-,21-,22-/m0/s1. The molecule has 0 spiro atoms. The van der Waals surface area contributed by atoms with Crippen LogP contribution in [0.15, 0.2) is 23.8 Å². The van der Waals surface area contributed by atoms with Crippen molar-refractivity contribution in [1.29, 1.82) is 0 Å². The van der Waals surface area contributed by atoms with Gasteiger partial charge in [-0.1, -0.05) is 32.4 Å². The second-order valence-electron chi connectivity index (χ2n) is 9.81. The van der Waals surface area contributed by atoms with Crippen molar-refractivity contribution in [3.05, 3.63) is 23.8 Å². The first kappa shape index (κ1) is 20.3. The lowest BCUT2D eigenvalue weighted by Gasteiger charge is -2.60. The third kappa shape index (κ3) is 2.31. The molecule has 6 heteroatoms. The smallest absolute Gasteiger partial charge is 0.182 e. The number of ketones is 2. The summed E-state index contributed by atoms with van der Waals surface area (Å²) in [6.07, 6.45) is 4.54. The van der Waals surface area contributed by atoms with Crippen molar-refractivity contribution < 1.29 is 24.9 Å². The number of carbonyl (C=O) groups excluding carboxylic acids is 2. The highest BCUT2D eigenvalue weighted by Crippen LogP contribution is 2.67. The van der Waals surface area contributed by atoms with Gasteiger partial charge in [-0.2, -0.15) is 0 Å². The summed E-state index contributed by atoms with van der Waals surface area (Å²) in [6.45, 7) is 5.98. The lowest BCUT2D eigenvalue weighted by atomic mass is 9.45. The van der Waals surface area contributed by atoms with Crippen molar-refractivity contribution in [3.8, 4) is 0 Å². The van der Waals surface area contributed by atoms with E-state index in [0.717, 1.165) is 12.0 Å². The Hall–Kier alpha value is -1.01. The molecule has 0 aromatic heterocycles. The third-order valence-corrected chi connectivity index (χ3v) is 8.83. The van der Waals surface area contributed by atoms with Gasteiger partial charge >= 0.3 is 0 Å². The molecule has 0 bridgehead atoms. The minimum Gasteiger partial charge on any atom is -0.393 e. The quantitative estimate of drug-likeness (QED) is 0.607. The molecule has 0 unspecified atom stereocenters. The van der Waals surface area contributed by atoms with Crippen molar-refractivity contribution in [2.45, 2.75) is 57.8 Å². The van der Waals surface area contributed by atoms with Crippen molar-refractivity contribution in [3.63, 3.8) is 0 Å². The minimum atomic E-state index is -1.94. The molecule has 0 aromatic carbocycles. The molecule has 28 heavy (non-hydrogen) atoms. The van der Waals surface area contributed by atoms with Crippen LogP contribution >= 0.6 is 11.6 Å². The Morgan fingerprint density at radius 1 is 1.29 bits per heavy atom. The van der Waals surface area contributed by atoms with Crippen LogP contribution < -0.4 is 0 Å². The molecule has 0 aromatic rings. The summed E-state index contributed by atoms with van der Waals surface area (Å²) in [5.41, 5.74) is -2.28. The Morgan fingerprint density at radius 2 is 1.96 bits per heavy atom. The molecule has 9 atom stereocenters. The van der Waals surface area contributed by atoms with E-state index in [9.17, 15) is 24.9 Å². The fraction of sp³-hybridized carbons (Fsp3) is 0.727. The molecule has 3 saturated carbocycles. The van der Waals surface area contributed by atoms with E-state index in [2.05, 4.69) is 13.8 Å². The van der Waals surface area contributed by atoms with E-state index in [1.54, 1.807) is 12.2 Å². The number of rotatable bonds is 2. The van der Waals surface area contributed by atoms with E-state index < -0.39 is 34.4 Å². The number of fused-ring (bicyclic) bond motifs is 5. The molecule has 0 amide bonds. The monoisotopic (exact) mass is 408 g/mol. The molecule has 4 aliphatic rings. The summed E-state index contributed by atoms with van der Waals surface area (Å²) in [4.78, 5) is 24.6. The molecule has 5 nitrogen and oxygen atoms in total. The van der Waals surface area contributed by atoms with Gasteiger partial charge in [-0.3, -0.25) is 9.59 Å². The van der Waals surface area contributed by atoms with Gasteiger partial charge in [0.2, 0.25) is 0 Å². The zero-order valence-corrected chi connectivity index (χ0v) is 17.3. The average Bonchev–Trinajstić information content (AvgIpc) is 2.83. The zero-order valence-electron chi connectivity index (χ0n) is 16.6. The number of Topliss-reactive ketones (excluding diaryl/α,β-unsaturated/α-hetero) is 1. The third-order valence-electron chi connectivity index (χ3n) is 8.58. The molecule has 3 fully saturated rings. The second-order valence-corrected chi connectivity index (χ2v) is 10.1. The predicted octanol–water partition coefficient (Wildman–Crippen LogP) is 2.02. The number of aliphatic hydroxyl groups excluding tert-OH is 2. The van der Waals surface area contributed by atoms with Gasteiger partial charge in [-0.25, -0.2) is 0 Å². The number of hydrogen-bond donors (Lipinski definition) is 3. The van der Waals surface area contributed by atoms with Gasteiger partial charge in [-0.15, -0.1) is 11.6 Å². The number of hydrogen-bond acceptors (Lipinski definition) is 5. The summed E-state index contributed by atoms with van der Waals surface area (Å²) in [7, 11) is 0. The van der Waals surface area contributed by atoms with Crippen molar-refractivity contribution in [2.24, 2.45) is 34.5 Å². The fourth-order valence-corrected chi connectivity index (χ4v) is 7.57. The van der Waals surface area contributed by atoms with E-state index in [1.807, 2.05) is 13.0 Å². The largest absolute Gasteiger partial charge is 0.393 e. The summed E-state index contributed by atoms with van der Waals surface area (Å²) in [5, 5.41) is 33.3. The molecular formula is C22H29ClO5. The summed E-state index contributed by atoms with van der Waals surface area (Å²) >= 11 is 5.77. The van der Waals surface area contributed by atoms with E-state index in [4.69, 9.17) is 11.6 Å². The highest BCUT2D eigenvalue weighted by Gasteiger charge is 2.71. The van der Waals surface area contributed by atoms with E-state index in [0.29, 0.717) is 6.42 Å². The van der Waals surface area contributed by atoms with Crippen LogP contribution in [0.3, 0.4) is 0 Å². The molecule has 3 N–H and O–H groups in total. The second kappa shape index (κ2) is 6.24. The van der Waals surface area contributed by atoms with Crippen molar-refractivity contribution in [2.75, 3.05) is 5.88 Å². The molecule has 0 radical (unpaired) electrons. The van der Waals surface area contributed by atoms with Crippen LogP contribution in [-0.2, 0) is 9.59 Å². The van der Waals surface area contributed by atoms with Crippen LogP contribution in [0.4, 0.5) is 0 Å². The van der Waals surface area contributed by atoms with E-state index >= 15 is 0 Å². The molecule has 4 rings (SSSR count). The normalized spacial score (nSPS) is 52.5. The van der Waals surface area contributed by atoms with Gasteiger partial charge in [0, 0.05) is 16.7 Å². The molecule has 154 valence electrons. The maximum absolute atomic E-state index is 12.6. The minimum absolute atomic E-state index is 0.0220. The van der Waals surface area contributed by atoms with Gasteiger partial charge in [-0.05, 0) is 49.2 Å². The zero-order chi connectivity index (χ0) is 20.6. The summed E-state index contributed by atoms with van der Waals surface area (Å²) in [6, 6.07) is 0. The van der Waals surface area contributed by atoms with E-state index in [1.165, 1.54) is 0 Å². The van der Waals surface area contributed by atoms with Crippen LogP contribution in [0.25, 0.3) is 0 Å². The lowest BCUT2D eigenvalue weighted by molar-refractivity contribution is -0.188. The Morgan fingerprint density at radius 3 is 2.61 bits per heavy atom. The highest BCUT2D eigenvalue weighted by molar-refractivity contribution is 6.29. The lowest BCUT2D eigenvalue weighted by Crippen LogP contribution is -2.64. The summed E-state index contributed by atoms with van der Waals surface area (Å²) in [5.74, 6) is -1.04. The number of allylic oxidation sites excluding steroid dienone is 4. The van der Waals surface area contributed by atoms with Gasteiger partial charge in [0.1, 0.15) is 0 Å². The first-order valence-electron chi connectivity index (χ1n) is 10.1. The number of alkyl halides is 1.